The van der Waals surface area contributed by atoms with Crippen molar-refractivity contribution >= 4 is 16.6 Å². The summed E-state index contributed by atoms with van der Waals surface area (Å²) >= 11 is 0. The van der Waals surface area contributed by atoms with E-state index in [4.69, 9.17) is 0 Å². The Hall–Kier alpha value is -1.61. The molecular formula is C15H18N2O. The summed E-state index contributed by atoms with van der Waals surface area (Å²) in [5.41, 5.74) is 3.55. The van der Waals surface area contributed by atoms with E-state index >= 15 is 0 Å². The lowest BCUT2D eigenvalue weighted by atomic mass is 10.1. The van der Waals surface area contributed by atoms with Crippen molar-refractivity contribution in [3.63, 3.8) is 0 Å². The van der Waals surface area contributed by atoms with Crippen LogP contribution in [0.25, 0.3) is 10.9 Å². The first-order valence-corrected chi connectivity index (χ1v) is 6.49. The summed E-state index contributed by atoms with van der Waals surface area (Å²) < 4.78 is 0. The Morgan fingerprint density at radius 3 is 3.06 bits per heavy atom. The summed E-state index contributed by atoms with van der Waals surface area (Å²) in [6, 6.07) is 8.40. The summed E-state index contributed by atoms with van der Waals surface area (Å²) in [4.78, 5) is 6.84. The molecule has 1 fully saturated rings. The van der Waals surface area contributed by atoms with Gasteiger partial charge < -0.3 is 10.0 Å². The van der Waals surface area contributed by atoms with Crippen molar-refractivity contribution in [1.29, 1.82) is 0 Å². The average Bonchev–Trinajstić information content (AvgIpc) is 2.87. The fraction of sp³-hybridized carbons (Fsp3) is 0.400. The van der Waals surface area contributed by atoms with E-state index in [9.17, 15) is 5.11 Å². The molecule has 3 heteroatoms. The lowest BCUT2D eigenvalue weighted by Crippen LogP contribution is -2.20. The molecule has 0 bridgehead atoms. The highest BCUT2D eigenvalue weighted by molar-refractivity contribution is 5.93. The van der Waals surface area contributed by atoms with Crippen LogP contribution in [0.4, 0.5) is 5.69 Å². The molecule has 2 heterocycles. The zero-order chi connectivity index (χ0) is 12.5. The van der Waals surface area contributed by atoms with E-state index in [1.54, 1.807) is 0 Å². The van der Waals surface area contributed by atoms with E-state index in [2.05, 4.69) is 41.1 Å². The van der Waals surface area contributed by atoms with Gasteiger partial charge in [-0.05, 0) is 25.0 Å². The molecule has 3 nitrogen and oxygen atoms in total. The third kappa shape index (κ3) is 1.85. The van der Waals surface area contributed by atoms with Crippen molar-refractivity contribution in [2.24, 2.45) is 5.92 Å². The lowest BCUT2D eigenvalue weighted by Gasteiger charge is -2.20. The summed E-state index contributed by atoms with van der Waals surface area (Å²) in [5.74, 6) is 0.415. The van der Waals surface area contributed by atoms with Crippen LogP contribution in [0.15, 0.2) is 30.5 Å². The van der Waals surface area contributed by atoms with Crippen LogP contribution in [-0.4, -0.2) is 29.8 Å². The van der Waals surface area contributed by atoms with Crippen LogP contribution >= 0.6 is 0 Å². The number of aliphatic hydroxyl groups is 1. The number of benzene rings is 1. The van der Waals surface area contributed by atoms with Gasteiger partial charge in [0, 0.05) is 42.9 Å². The van der Waals surface area contributed by atoms with Gasteiger partial charge in [0.25, 0.3) is 0 Å². The molecule has 1 unspecified atom stereocenters. The zero-order valence-corrected chi connectivity index (χ0v) is 10.6. The van der Waals surface area contributed by atoms with E-state index in [0.29, 0.717) is 12.5 Å². The van der Waals surface area contributed by atoms with Crippen molar-refractivity contribution in [2.45, 2.75) is 13.3 Å². The van der Waals surface area contributed by atoms with Gasteiger partial charge >= 0.3 is 0 Å². The van der Waals surface area contributed by atoms with Crippen molar-refractivity contribution in [2.75, 3.05) is 24.6 Å². The smallest absolute Gasteiger partial charge is 0.0751 e. The molecular weight excluding hydrogens is 224 g/mol. The fourth-order valence-corrected chi connectivity index (χ4v) is 2.79. The zero-order valence-electron chi connectivity index (χ0n) is 10.6. The van der Waals surface area contributed by atoms with Crippen LogP contribution < -0.4 is 4.90 Å². The van der Waals surface area contributed by atoms with E-state index < -0.39 is 0 Å². The van der Waals surface area contributed by atoms with Crippen LogP contribution in [0.2, 0.25) is 0 Å². The molecule has 0 radical (unpaired) electrons. The maximum Gasteiger partial charge on any atom is 0.0751 e. The average molecular weight is 242 g/mol. The maximum atomic E-state index is 9.25. The minimum atomic E-state index is 0.290. The molecule has 1 N–H and O–H groups in total. The molecule has 2 aromatic rings. The Labute approximate surface area is 107 Å². The third-order valence-electron chi connectivity index (χ3n) is 3.83. The van der Waals surface area contributed by atoms with Gasteiger partial charge in [0.1, 0.15) is 0 Å². The molecule has 1 aliphatic heterocycles. The largest absolute Gasteiger partial charge is 0.396 e. The Morgan fingerprint density at radius 2 is 2.28 bits per heavy atom. The fourth-order valence-electron chi connectivity index (χ4n) is 2.79. The van der Waals surface area contributed by atoms with Crippen LogP contribution in [0.5, 0.6) is 0 Å². The predicted octanol–water partition coefficient (Wildman–Crippen LogP) is 2.36. The number of pyridine rings is 1. The molecule has 18 heavy (non-hydrogen) atoms. The Kier molecular flexibility index (Phi) is 2.92. The molecule has 0 spiro atoms. The van der Waals surface area contributed by atoms with Gasteiger partial charge in [-0.15, -0.1) is 0 Å². The van der Waals surface area contributed by atoms with Crippen molar-refractivity contribution < 1.29 is 5.11 Å². The molecule has 94 valence electrons. The summed E-state index contributed by atoms with van der Waals surface area (Å²) in [6.45, 7) is 4.36. The molecule has 0 saturated carbocycles. The van der Waals surface area contributed by atoms with E-state index in [1.165, 1.54) is 16.6 Å². The van der Waals surface area contributed by atoms with Crippen molar-refractivity contribution in [1.82, 2.24) is 4.98 Å². The summed E-state index contributed by atoms with van der Waals surface area (Å²) in [7, 11) is 0. The van der Waals surface area contributed by atoms with Crippen LogP contribution in [0.3, 0.4) is 0 Å². The number of hydrogen-bond acceptors (Lipinski definition) is 3. The van der Waals surface area contributed by atoms with Gasteiger partial charge in [-0.1, -0.05) is 18.2 Å². The minimum absolute atomic E-state index is 0.290. The van der Waals surface area contributed by atoms with Crippen LogP contribution in [0.1, 0.15) is 12.0 Å². The number of fused-ring (bicyclic) bond motifs is 1. The van der Waals surface area contributed by atoms with Gasteiger partial charge in [-0.3, -0.25) is 4.98 Å². The summed E-state index contributed by atoms with van der Waals surface area (Å²) in [5, 5.41) is 10.5. The second-order valence-electron chi connectivity index (χ2n) is 5.08. The molecule has 1 aromatic carbocycles. The van der Waals surface area contributed by atoms with E-state index in [0.717, 1.165) is 25.0 Å². The molecule has 1 aliphatic rings. The SMILES string of the molecule is Cc1cccc2c(N3CCC(CO)C3)ccnc12. The number of anilines is 1. The monoisotopic (exact) mass is 242 g/mol. The van der Waals surface area contributed by atoms with Crippen LogP contribution in [0, 0.1) is 12.8 Å². The van der Waals surface area contributed by atoms with Crippen molar-refractivity contribution in [3.05, 3.63) is 36.0 Å². The topological polar surface area (TPSA) is 36.4 Å². The number of para-hydroxylation sites is 1. The second-order valence-corrected chi connectivity index (χ2v) is 5.08. The van der Waals surface area contributed by atoms with Gasteiger partial charge in [0.2, 0.25) is 0 Å². The lowest BCUT2D eigenvalue weighted by molar-refractivity contribution is 0.238. The maximum absolute atomic E-state index is 9.25. The predicted molar refractivity (Wildman–Crippen MR) is 73.9 cm³/mol. The first kappa shape index (κ1) is 11.5. The summed E-state index contributed by atoms with van der Waals surface area (Å²) in [6.07, 6.45) is 2.96. The standard InChI is InChI=1S/C15H18N2O/c1-11-3-2-4-13-14(5-7-16-15(11)13)17-8-6-12(9-17)10-18/h2-5,7,12,18H,6,8-10H2,1H3. The minimum Gasteiger partial charge on any atom is -0.396 e. The van der Waals surface area contributed by atoms with Crippen molar-refractivity contribution in [3.8, 4) is 0 Å². The Morgan fingerprint density at radius 1 is 1.39 bits per heavy atom. The normalized spacial score (nSPS) is 19.7. The van der Waals surface area contributed by atoms with Crippen LogP contribution in [-0.2, 0) is 0 Å². The number of aryl methyl sites for hydroxylation is 1. The molecule has 1 aromatic heterocycles. The number of aliphatic hydroxyl groups excluding tert-OH is 1. The second kappa shape index (κ2) is 4.58. The van der Waals surface area contributed by atoms with Gasteiger partial charge in [0.05, 0.1) is 5.52 Å². The first-order chi connectivity index (χ1) is 8.79. The number of hydrogen-bond donors (Lipinski definition) is 1. The highest BCUT2D eigenvalue weighted by Gasteiger charge is 2.23. The highest BCUT2D eigenvalue weighted by Crippen LogP contribution is 2.30. The van der Waals surface area contributed by atoms with E-state index in [-0.39, 0.29) is 0 Å². The van der Waals surface area contributed by atoms with Gasteiger partial charge in [-0.2, -0.15) is 0 Å². The number of rotatable bonds is 2. The first-order valence-electron chi connectivity index (χ1n) is 6.49. The molecule has 3 rings (SSSR count). The van der Waals surface area contributed by atoms with Gasteiger partial charge in [0.15, 0.2) is 0 Å². The molecule has 1 saturated heterocycles. The quantitative estimate of drug-likeness (QED) is 0.878. The number of nitrogens with zero attached hydrogens (tertiary/aromatic N) is 2. The van der Waals surface area contributed by atoms with E-state index in [1.807, 2.05) is 6.20 Å². The molecule has 0 amide bonds. The third-order valence-corrected chi connectivity index (χ3v) is 3.83. The Bertz CT molecular complexity index is 567. The molecule has 0 aliphatic carbocycles. The molecule has 1 atom stereocenters. The highest BCUT2D eigenvalue weighted by atomic mass is 16.3. The number of aromatic nitrogens is 1. The Balaban J connectivity index is 2.05. The van der Waals surface area contributed by atoms with Gasteiger partial charge in [-0.25, -0.2) is 0 Å².